The first kappa shape index (κ1) is 10.8. The van der Waals surface area contributed by atoms with Crippen LogP contribution in [-0.2, 0) is 0 Å². The zero-order chi connectivity index (χ0) is 10.4. The summed E-state index contributed by atoms with van der Waals surface area (Å²) in [5.74, 6) is 0.239. The van der Waals surface area contributed by atoms with E-state index in [0.717, 1.165) is 11.4 Å². The van der Waals surface area contributed by atoms with Crippen molar-refractivity contribution in [3.05, 3.63) is 24.4 Å². The van der Waals surface area contributed by atoms with Crippen LogP contribution >= 0.6 is 11.8 Å². The summed E-state index contributed by atoms with van der Waals surface area (Å²) in [6.07, 6.45) is 2.53. The smallest absolute Gasteiger partial charge is 0.152 e. The van der Waals surface area contributed by atoms with E-state index in [1.807, 2.05) is 25.1 Å². The molecular weight excluding hydrogens is 198 g/mol. The highest BCUT2D eigenvalue weighted by atomic mass is 32.2. The van der Waals surface area contributed by atoms with Crippen molar-refractivity contribution in [2.75, 3.05) is 0 Å². The van der Waals surface area contributed by atoms with E-state index in [4.69, 9.17) is 10.9 Å². The summed E-state index contributed by atoms with van der Waals surface area (Å²) in [5, 5.41) is 12.4. The maximum Gasteiger partial charge on any atom is 0.152 e. The average Bonchev–Trinajstić information content (AvgIpc) is 2.26. The van der Waals surface area contributed by atoms with Crippen molar-refractivity contribution in [1.29, 1.82) is 0 Å². The van der Waals surface area contributed by atoms with Gasteiger partial charge in [-0.2, -0.15) is 0 Å². The minimum atomic E-state index is -0.0186. The minimum absolute atomic E-state index is 0.0186. The third kappa shape index (κ3) is 2.92. The molecule has 0 aliphatic carbocycles. The molecule has 0 aliphatic rings. The zero-order valence-corrected chi connectivity index (χ0v) is 8.74. The molecule has 0 fully saturated rings. The lowest BCUT2D eigenvalue weighted by molar-refractivity contribution is 0.317. The Kier molecular flexibility index (Phi) is 4.25. The molecule has 76 valence electrons. The van der Waals surface area contributed by atoms with Crippen molar-refractivity contribution < 1.29 is 5.21 Å². The van der Waals surface area contributed by atoms with Gasteiger partial charge in [-0.1, -0.05) is 29.9 Å². The molecule has 0 aromatic carbocycles. The number of aromatic nitrogens is 1. The number of thioether (sulfide) groups is 1. The highest BCUT2D eigenvalue weighted by Crippen LogP contribution is 2.22. The van der Waals surface area contributed by atoms with Crippen LogP contribution in [0.5, 0.6) is 0 Å². The van der Waals surface area contributed by atoms with Crippen LogP contribution in [-0.4, -0.2) is 21.3 Å². The standard InChI is InChI=1S/C9H13N3OS/c1-2-7(9(10)12-13)14-8-5-3-4-6-11-8/h3-7,13H,2H2,1H3,(H2,10,12). The van der Waals surface area contributed by atoms with E-state index in [1.54, 1.807) is 6.20 Å². The largest absolute Gasteiger partial charge is 0.409 e. The van der Waals surface area contributed by atoms with Crippen molar-refractivity contribution in [2.45, 2.75) is 23.6 Å². The maximum atomic E-state index is 8.54. The fourth-order valence-corrected chi connectivity index (χ4v) is 1.88. The van der Waals surface area contributed by atoms with Gasteiger partial charge in [0.2, 0.25) is 0 Å². The van der Waals surface area contributed by atoms with Gasteiger partial charge in [0.25, 0.3) is 0 Å². The lowest BCUT2D eigenvalue weighted by Crippen LogP contribution is -2.25. The fourth-order valence-electron chi connectivity index (χ4n) is 0.980. The zero-order valence-electron chi connectivity index (χ0n) is 7.92. The Morgan fingerprint density at radius 3 is 3.00 bits per heavy atom. The predicted octanol–water partition coefficient (Wildman–Crippen LogP) is 1.70. The molecule has 5 heteroatoms. The van der Waals surface area contributed by atoms with Crippen molar-refractivity contribution in [1.82, 2.24) is 4.98 Å². The van der Waals surface area contributed by atoms with Gasteiger partial charge in [-0.15, -0.1) is 0 Å². The first-order valence-electron chi connectivity index (χ1n) is 4.33. The Hall–Kier alpha value is -1.23. The third-order valence-electron chi connectivity index (χ3n) is 1.72. The lowest BCUT2D eigenvalue weighted by Gasteiger charge is -2.11. The molecule has 0 amide bonds. The molecule has 0 aliphatic heterocycles. The van der Waals surface area contributed by atoms with E-state index in [2.05, 4.69) is 10.1 Å². The first-order valence-corrected chi connectivity index (χ1v) is 5.21. The van der Waals surface area contributed by atoms with E-state index in [0.29, 0.717) is 0 Å². The quantitative estimate of drug-likeness (QED) is 0.261. The predicted molar refractivity (Wildman–Crippen MR) is 57.6 cm³/mol. The molecule has 0 bridgehead atoms. The number of hydrogen-bond donors (Lipinski definition) is 2. The molecule has 1 unspecified atom stereocenters. The van der Waals surface area contributed by atoms with E-state index < -0.39 is 0 Å². The summed E-state index contributed by atoms with van der Waals surface area (Å²) in [6.45, 7) is 1.98. The van der Waals surface area contributed by atoms with E-state index >= 15 is 0 Å². The van der Waals surface area contributed by atoms with E-state index in [1.165, 1.54) is 11.8 Å². The molecule has 0 spiro atoms. The molecule has 1 atom stereocenters. The van der Waals surface area contributed by atoms with Crippen molar-refractivity contribution in [3.8, 4) is 0 Å². The van der Waals surface area contributed by atoms with Crippen molar-refractivity contribution in [2.24, 2.45) is 10.9 Å². The van der Waals surface area contributed by atoms with Gasteiger partial charge in [-0.3, -0.25) is 0 Å². The Morgan fingerprint density at radius 1 is 1.71 bits per heavy atom. The third-order valence-corrected chi connectivity index (χ3v) is 3.06. The van der Waals surface area contributed by atoms with Crippen LogP contribution in [0.25, 0.3) is 0 Å². The van der Waals surface area contributed by atoms with Gasteiger partial charge in [-0.05, 0) is 18.6 Å². The topological polar surface area (TPSA) is 71.5 Å². The summed E-state index contributed by atoms with van der Waals surface area (Å²) < 4.78 is 0. The Bertz CT molecular complexity index is 302. The van der Waals surface area contributed by atoms with Crippen molar-refractivity contribution in [3.63, 3.8) is 0 Å². The van der Waals surface area contributed by atoms with Gasteiger partial charge in [0.1, 0.15) is 0 Å². The fraction of sp³-hybridized carbons (Fsp3) is 0.333. The Labute approximate surface area is 87.2 Å². The molecule has 3 N–H and O–H groups in total. The van der Waals surface area contributed by atoms with Crippen LogP contribution in [0.3, 0.4) is 0 Å². The van der Waals surface area contributed by atoms with Crippen molar-refractivity contribution >= 4 is 17.6 Å². The lowest BCUT2D eigenvalue weighted by atomic mass is 10.3. The van der Waals surface area contributed by atoms with Gasteiger partial charge in [0, 0.05) is 6.20 Å². The molecule has 14 heavy (non-hydrogen) atoms. The number of nitrogens with two attached hydrogens (primary N) is 1. The highest BCUT2D eigenvalue weighted by molar-refractivity contribution is 8.00. The SMILES string of the molecule is CCC(Sc1ccccn1)C(N)=NO. The monoisotopic (exact) mass is 211 g/mol. The Balaban J connectivity index is 2.67. The molecule has 0 saturated heterocycles. The van der Waals surface area contributed by atoms with E-state index in [9.17, 15) is 0 Å². The number of oxime groups is 1. The minimum Gasteiger partial charge on any atom is -0.409 e. The molecular formula is C9H13N3OS. The highest BCUT2D eigenvalue weighted by Gasteiger charge is 2.13. The van der Waals surface area contributed by atoms with Crippen LogP contribution in [0.1, 0.15) is 13.3 Å². The van der Waals surface area contributed by atoms with Crippen LogP contribution in [0.2, 0.25) is 0 Å². The maximum absolute atomic E-state index is 8.54. The Morgan fingerprint density at radius 2 is 2.50 bits per heavy atom. The molecule has 0 saturated carbocycles. The molecule has 1 heterocycles. The average molecular weight is 211 g/mol. The normalized spacial score (nSPS) is 13.9. The number of amidine groups is 1. The summed E-state index contributed by atoms with van der Waals surface area (Å²) >= 11 is 1.49. The number of hydrogen-bond acceptors (Lipinski definition) is 4. The first-order chi connectivity index (χ1) is 6.77. The summed E-state index contributed by atoms with van der Waals surface area (Å²) in [5.41, 5.74) is 5.53. The van der Waals surface area contributed by atoms with Gasteiger partial charge >= 0.3 is 0 Å². The van der Waals surface area contributed by atoms with Gasteiger partial charge in [0.15, 0.2) is 5.84 Å². The summed E-state index contributed by atoms with van der Waals surface area (Å²) in [7, 11) is 0. The second-order valence-corrected chi connectivity index (χ2v) is 3.93. The molecule has 1 aromatic heterocycles. The van der Waals surface area contributed by atoms with Gasteiger partial charge < -0.3 is 10.9 Å². The number of rotatable bonds is 4. The molecule has 0 radical (unpaired) electrons. The number of pyridine rings is 1. The summed E-state index contributed by atoms with van der Waals surface area (Å²) in [4.78, 5) is 4.15. The van der Waals surface area contributed by atoms with E-state index in [-0.39, 0.29) is 11.1 Å². The second kappa shape index (κ2) is 5.49. The molecule has 1 aromatic rings. The van der Waals surface area contributed by atoms with Crippen LogP contribution in [0.15, 0.2) is 34.6 Å². The van der Waals surface area contributed by atoms with Crippen LogP contribution < -0.4 is 5.73 Å². The number of nitrogens with zero attached hydrogens (tertiary/aromatic N) is 2. The summed E-state index contributed by atoms with van der Waals surface area (Å²) in [6, 6.07) is 5.67. The van der Waals surface area contributed by atoms with Crippen LogP contribution in [0.4, 0.5) is 0 Å². The molecule has 4 nitrogen and oxygen atoms in total. The second-order valence-electron chi connectivity index (χ2n) is 2.71. The molecule has 1 rings (SSSR count). The van der Waals surface area contributed by atoms with Gasteiger partial charge in [0.05, 0.1) is 10.3 Å². The van der Waals surface area contributed by atoms with Gasteiger partial charge in [-0.25, -0.2) is 4.98 Å². The van der Waals surface area contributed by atoms with Crippen LogP contribution in [0, 0.1) is 0 Å².